The van der Waals surface area contributed by atoms with Gasteiger partial charge in [0.15, 0.2) is 6.61 Å². The third-order valence-electron chi connectivity index (χ3n) is 4.46. The molecule has 6 heteroatoms. The van der Waals surface area contributed by atoms with Crippen molar-refractivity contribution >= 4 is 34.8 Å². The second-order valence-corrected chi connectivity index (χ2v) is 7.49. The lowest BCUT2D eigenvalue weighted by atomic mass is 10.1. The van der Waals surface area contributed by atoms with Gasteiger partial charge in [0.1, 0.15) is 5.75 Å². The summed E-state index contributed by atoms with van der Waals surface area (Å²) >= 11 is 6.15. The molecule has 154 valence electrons. The smallest absolute Gasteiger partial charge is 0.262 e. The van der Waals surface area contributed by atoms with Gasteiger partial charge in [-0.1, -0.05) is 29.8 Å². The van der Waals surface area contributed by atoms with Gasteiger partial charge in [-0.15, -0.1) is 0 Å². The highest BCUT2D eigenvalue weighted by Gasteiger charge is 2.10. The molecule has 0 bridgehead atoms. The number of carbonyl (C=O) groups excluding carboxylic acids is 2. The third kappa shape index (κ3) is 5.61. The van der Waals surface area contributed by atoms with Crippen molar-refractivity contribution in [3.8, 4) is 5.75 Å². The lowest BCUT2D eigenvalue weighted by molar-refractivity contribution is -0.118. The van der Waals surface area contributed by atoms with Crippen LogP contribution in [-0.4, -0.2) is 18.4 Å². The number of rotatable bonds is 6. The van der Waals surface area contributed by atoms with Gasteiger partial charge < -0.3 is 15.4 Å². The first-order chi connectivity index (χ1) is 14.3. The van der Waals surface area contributed by atoms with E-state index in [4.69, 9.17) is 16.3 Å². The van der Waals surface area contributed by atoms with Crippen molar-refractivity contribution in [2.24, 2.45) is 0 Å². The minimum Gasteiger partial charge on any atom is -0.484 e. The molecule has 0 aliphatic heterocycles. The summed E-state index contributed by atoms with van der Waals surface area (Å²) in [5, 5.41) is 6.29. The Kier molecular flexibility index (Phi) is 6.75. The van der Waals surface area contributed by atoms with Gasteiger partial charge in [0.2, 0.25) is 0 Å². The molecule has 30 heavy (non-hydrogen) atoms. The van der Waals surface area contributed by atoms with Crippen LogP contribution in [0, 0.1) is 20.8 Å². The predicted molar refractivity (Wildman–Crippen MR) is 121 cm³/mol. The van der Waals surface area contributed by atoms with E-state index in [2.05, 4.69) is 10.6 Å². The van der Waals surface area contributed by atoms with Crippen molar-refractivity contribution in [1.29, 1.82) is 0 Å². The quantitative estimate of drug-likeness (QED) is 0.548. The summed E-state index contributed by atoms with van der Waals surface area (Å²) in [6.45, 7) is 5.58. The van der Waals surface area contributed by atoms with Crippen LogP contribution in [-0.2, 0) is 4.79 Å². The molecular formula is C24H23ClN2O3. The van der Waals surface area contributed by atoms with Gasteiger partial charge in [-0.2, -0.15) is 0 Å². The Morgan fingerprint density at radius 1 is 0.867 bits per heavy atom. The molecule has 5 nitrogen and oxygen atoms in total. The first kappa shape index (κ1) is 21.4. The maximum absolute atomic E-state index is 12.5. The normalized spacial score (nSPS) is 10.4. The van der Waals surface area contributed by atoms with E-state index in [1.807, 2.05) is 45.0 Å². The molecule has 0 unspecified atom stereocenters. The van der Waals surface area contributed by atoms with Crippen molar-refractivity contribution < 1.29 is 14.3 Å². The highest BCUT2D eigenvalue weighted by molar-refractivity contribution is 6.32. The lowest BCUT2D eigenvalue weighted by Gasteiger charge is -2.11. The molecule has 3 rings (SSSR count). The van der Waals surface area contributed by atoms with E-state index < -0.39 is 0 Å². The molecule has 0 saturated carbocycles. The Balaban J connectivity index is 1.60. The van der Waals surface area contributed by atoms with Gasteiger partial charge in [-0.3, -0.25) is 9.59 Å². The first-order valence-electron chi connectivity index (χ1n) is 9.49. The van der Waals surface area contributed by atoms with Crippen LogP contribution in [0.15, 0.2) is 60.7 Å². The van der Waals surface area contributed by atoms with Crippen LogP contribution in [0.4, 0.5) is 11.4 Å². The minimum absolute atomic E-state index is 0.153. The second kappa shape index (κ2) is 9.46. The van der Waals surface area contributed by atoms with Gasteiger partial charge >= 0.3 is 0 Å². The molecule has 2 N–H and O–H groups in total. The highest BCUT2D eigenvalue weighted by atomic mass is 35.5. The second-order valence-electron chi connectivity index (χ2n) is 7.11. The monoisotopic (exact) mass is 422 g/mol. The Bertz CT molecular complexity index is 1070. The van der Waals surface area contributed by atoms with E-state index in [0.29, 0.717) is 22.0 Å². The SMILES string of the molecule is Cc1cccc(NC(=O)c2cccc(NC(=O)COc3cc(C)c(Cl)c(C)c3)c2)c1. The topological polar surface area (TPSA) is 67.4 Å². The van der Waals surface area contributed by atoms with Crippen molar-refractivity contribution in [3.63, 3.8) is 0 Å². The summed E-state index contributed by atoms with van der Waals surface area (Å²) in [7, 11) is 0. The Morgan fingerprint density at radius 2 is 1.50 bits per heavy atom. The van der Waals surface area contributed by atoms with Crippen molar-refractivity contribution in [3.05, 3.63) is 87.9 Å². The number of halogens is 1. The van der Waals surface area contributed by atoms with Crippen molar-refractivity contribution in [1.82, 2.24) is 0 Å². The third-order valence-corrected chi connectivity index (χ3v) is 5.06. The van der Waals surface area contributed by atoms with Crippen LogP contribution < -0.4 is 15.4 Å². The molecule has 0 spiro atoms. The van der Waals surface area contributed by atoms with Gasteiger partial charge in [-0.05, 0) is 79.9 Å². The average molecular weight is 423 g/mol. The first-order valence-corrected chi connectivity index (χ1v) is 9.87. The molecule has 0 atom stereocenters. The highest BCUT2D eigenvalue weighted by Crippen LogP contribution is 2.25. The number of nitrogens with one attached hydrogen (secondary N) is 2. The molecule has 0 aromatic heterocycles. The van der Waals surface area contributed by atoms with Gasteiger partial charge in [-0.25, -0.2) is 0 Å². The van der Waals surface area contributed by atoms with Crippen LogP contribution in [0.2, 0.25) is 5.02 Å². The number of ether oxygens (including phenoxy) is 1. The van der Waals surface area contributed by atoms with Crippen molar-refractivity contribution in [2.75, 3.05) is 17.2 Å². The standard InChI is InChI=1S/C24H23ClN2O3/c1-15-6-4-8-19(10-15)27-24(29)18-7-5-9-20(13-18)26-22(28)14-30-21-11-16(2)23(25)17(3)12-21/h4-13H,14H2,1-3H3,(H,26,28)(H,27,29). The van der Waals surface area contributed by atoms with Gasteiger partial charge in [0, 0.05) is 22.0 Å². The largest absolute Gasteiger partial charge is 0.484 e. The number of benzene rings is 3. The number of amides is 2. The maximum Gasteiger partial charge on any atom is 0.262 e. The van der Waals surface area contributed by atoms with E-state index in [-0.39, 0.29) is 18.4 Å². The number of hydrogen-bond donors (Lipinski definition) is 2. The average Bonchev–Trinajstić information content (AvgIpc) is 2.70. The van der Waals surface area contributed by atoms with E-state index >= 15 is 0 Å². The Morgan fingerprint density at radius 3 is 2.17 bits per heavy atom. The summed E-state index contributed by atoms with van der Waals surface area (Å²) in [5.74, 6) is 0.00685. The molecule has 3 aromatic rings. The van der Waals surface area contributed by atoms with E-state index in [9.17, 15) is 9.59 Å². The molecule has 0 saturated heterocycles. The number of hydrogen-bond acceptors (Lipinski definition) is 3. The zero-order valence-corrected chi connectivity index (χ0v) is 17.8. The van der Waals surface area contributed by atoms with Crippen LogP contribution in [0.5, 0.6) is 5.75 Å². The Hall–Kier alpha value is -3.31. The van der Waals surface area contributed by atoms with E-state index in [1.165, 1.54) is 0 Å². The molecule has 3 aromatic carbocycles. The fraction of sp³-hybridized carbons (Fsp3) is 0.167. The molecule has 0 aliphatic carbocycles. The molecule has 2 amide bonds. The zero-order valence-electron chi connectivity index (χ0n) is 17.1. The lowest BCUT2D eigenvalue weighted by Crippen LogP contribution is -2.20. The van der Waals surface area contributed by atoms with Crippen LogP contribution in [0.1, 0.15) is 27.0 Å². The molecular weight excluding hydrogens is 400 g/mol. The summed E-state index contributed by atoms with van der Waals surface area (Å²) in [4.78, 5) is 24.8. The van der Waals surface area contributed by atoms with E-state index in [1.54, 1.807) is 36.4 Å². The summed E-state index contributed by atoms with van der Waals surface area (Å²) < 4.78 is 5.57. The van der Waals surface area contributed by atoms with Crippen LogP contribution in [0.25, 0.3) is 0 Å². The zero-order chi connectivity index (χ0) is 21.7. The Labute approximate surface area is 181 Å². The number of carbonyl (C=O) groups is 2. The molecule has 0 fully saturated rings. The minimum atomic E-state index is -0.323. The van der Waals surface area contributed by atoms with E-state index in [0.717, 1.165) is 22.4 Å². The van der Waals surface area contributed by atoms with Crippen LogP contribution >= 0.6 is 11.6 Å². The van der Waals surface area contributed by atoms with Crippen LogP contribution in [0.3, 0.4) is 0 Å². The maximum atomic E-state index is 12.5. The van der Waals surface area contributed by atoms with Gasteiger partial charge in [0.25, 0.3) is 11.8 Å². The molecule has 0 heterocycles. The number of anilines is 2. The number of aryl methyl sites for hydroxylation is 3. The molecule has 0 radical (unpaired) electrons. The fourth-order valence-electron chi connectivity index (χ4n) is 3.00. The van der Waals surface area contributed by atoms with Crippen molar-refractivity contribution in [2.45, 2.75) is 20.8 Å². The fourth-order valence-corrected chi connectivity index (χ4v) is 3.11. The molecule has 0 aliphatic rings. The van der Waals surface area contributed by atoms with Gasteiger partial charge in [0.05, 0.1) is 0 Å². The summed E-state index contributed by atoms with van der Waals surface area (Å²) in [6, 6.07) is 17.9. The summed E-state index contributed by atoms with van der Waals surface area (Å²) in [6.07, 6.45) is 0. The predicted octanol–water partition coefficient (Wildman–Crippen LogP) is 5.54. The summed E-state index contributed by atoms with van der Waals surface area (Å²) in [5.41, 5.74) is 4.51.